The van der Waals surface area contributed by atoms with Crippen molar-refractivity contribution in [2.75, 3.05) is 13.1 Å². The molecule has 1 unspecified atom stereocenters. The van der Waals surface area contributed by atoms with E-state index < -0.39 is 6.04 Å². The third-order valence-electron chi connectivity index (χ3n) is 2.46. The second-order valence-electron chi connectivity index (χ2n) is 3.63. The number of rotatable bonds is 6. The molecule has 1 atom stereocenters. The van der Waals surface area contributed by atoms with E-state index in [0.717, 1.165) is 11.1 Å². The van der Waals surface area contributed by atoms with Gasteiger partial charge < -0.3 is 11.1 Å². The van der Waals surface area contributed by atoms with E-state index in [4.69, 9.17) is 5.73 Å². The Morgan fingerprint density at radius 1 is 1.50 bits per heavy atom. The lowest BCUT2D eigenvalue weighted by Gasteiger charge is -2.11. The summed E-state index contributed by atoms with van der Waals surface area (Å²) in [5.74, 6) is 0. The van der Waals surface area contributed by atoms with Crippen molar-refractivity contribution in [3.63, 3.8) is 0 Å². The molecule has 0 bridgehead atoms. The van der Waals surface area contributed by atoms with Crippen molar-refractivity contribution >= 4 is 0 Å². The molecular formula is C11H17N3O2. The molecular weight excluding hydrogens is 206 g/mol. The molecule has 5 heteroatoms. The molecule has 1 aromatic carbocycles. The van der Waals surface area contributed by atoms with Crippen LogP contribution in [0.5, 0.6) is 0 Å². The van der Waals surface area contributed by atoms with E-state index in [1.165, 1.54) is 0 Å². The summed E-state index contributed by atoms with van der Waals surface area (Å²) in [5.41, 5.74) is 7.09. The summed E-state index contributed by atoms with van der Waals surface area (Å²) in [4.78, 5) is 10.5. The first-order chi connectivity index (χ1) is 7.66. The Kier molecular flexibility index (Phi) is 4.88. The van der Waals surface area contributed by atoms with Crippen molar-refractivity contribution < 1.29 is 4.92 Å². The number of benzene rings is 1. The topological polar surface area (TPSA) is 81.2 Å². The summed E-state index contributed by atoms with van der Waals surface area (Å²) in [7, 11) is 0. The Hall–Kier alpha value is -1.46. The maximum Gasteiger partial charge on any atom is 0.235 e. The average Bonchev–Trinajstić information content (AvgIpc) is 2.29. The second-order valence-corrected chi connectivity index (χ2v) is 3.63. The molecule has 0 aliphatic rings. The molecule has 0 aliphatic heterocycles. The minimum atomic E-state index is -0.670. The molecule has 5 nitrogen and oxygen atoms in total. The molecule has 88 valence electrons. The van der Waals surface area contributed by atoms with Crippen molar-refractivity contribution in [2.24, 2.45) is 5.73 Å². The number of nitrogens with zero attached hydrogens (tertiary/aromatic N) is 1. The average molecular weight is 223 g/mol. The van der Waals surface area contributed by atoms with Gasteiger partial charge in [-0.25, -0.2) is 0 Å². The van der Waals surface area contributed by atoms with Gasteiger partial charge in [-0.05, 0) is 5.56 Å². The zero-order valence-electron chi connectivity index (χ0n) is 9.35. The minimum absolute atomic E-state index is 0.276. The molecule has 0 saturated heterocycles. The van der Waals surface area contributed by atoms with Crippen LogP contribution in [0.1, 0.15) is 24.1 Å². The smallest absolute Gasteiger partial charge is 0.235 e. The summed E-state index contributed by atoms with van der Waals surface area (Å²) in [5, 5.41) is 13.9. The molecule has 0 heterocycles. The van der Waals surface area contributed by atoms with Gasteiger partial charge in [-0.3, -0.25) is 10.1 Å². The fourth-order valence-corrected chi connectivity index (χ4v) is 1.54. The zero-order chi connectivity index (χ0) is 12.0. The molecule has 0 saturated carbocycles. The predicted molar refractivity (Wildman–Crippen MR) is 62.6 cm³/mol. The monoisotopic (exact) mass is 223 g/mol. The molecule has 0 radical (unpaired) electrons. The van der Waals surface area contributed by atoms with Crippen LogP contribution < -0.4 is 11.1 Å². The Bertz CT molecular complexity index is 355. The van der Waals surface area contributed by atoms with E-state index in [9.17, 15) is 10.1 Å². The van der Waals surface area contributed by atoms with E-state index in [1.54, 1.807) is 13.0 Å². The van der Waals surface area contributed by atoms with Gasteiger partial charge in [-0.15, -0.1) is 0 Å². The number of nitrogens with one attached hydrogen (secondary N) is 1. The van der Waals surface area contributed by atoms with Crippen molar-refractivity contribution in [3.05, 3.63) is 45.5 Å². The predicted octanol–water partition coefficient (Wildman–Crippen LogP) is 1.07. The molecule has 16 heavy (non-hydrogen) atoms. The maximum absolute atomic E-state index is 10.7. The fraction of sp³-hybridized carbons (Fsp3) is 0.455. The fourth-order valence-electron chi connectivity index (χ4n) is 1.54. The number of hydrogen-bond donors (Lipinski definition) is 2. The third kappa shape index (κ3) is 3.29. The van der Waals surface area contributed by atoms with E-state index in [2.05, 4.69) is 5.32 Å². The van der Waals surface area contributed by atoms with Gasteiger partial charge in [-0.2, -0.15) is 0 Å². The van der Waals surface area contributed by atoms with Gasteiger partial charge in [0.2, 0.25) is 6.04 Å². The van der Waals surface area contributed by atoms with Crippen molar-refractivity contribution in [3.8, 4) is 0 Å². The first kappa shape index (κ1) is 12.6. The van der Waals surface area contributed by atoms with Gasteiger partial charge in [0.05, 0.1) is 0 Å². The lowest BCUT2D eigenvalue weighted by atomic mass is 10.0. The lowest BCUT2D eigenvalue weighted by molar-refractivity contribution is -0.524. The maximum atomic E-state index is 10.7. The first-order valence-electron chi connectivity index (χ1n) is 5.29. The van der Waals surface area contributed by atoms with Crippen molar-refractivity contribution in [1.82, 2.24) is 5.32 Å². The zero-order valence-corrected chi connectivity index (χ0v) is 9.35. The molecule has 3 N–H and O–H groups in total. The van der Waals surface area contributed by atoms with Gasteiger partial charge in [0.1, 0.15) is 0 Å². The van der Waals surface area contributed by atoms with E-state index in [-0.39, 0.29) is 4.92 Å². The van der Waals surface area contributed by atoms with Crippen molar-refractivity contribution in [1.29, 1.82) is 0 Å². The van der Waals surface area contributed by atoms with Gasteiger partial charge in [0.25, 0.3) is 0 Å². The van der Waals surface area contributed by atoms with Crippen LogP contribution in [0, 0.1) is 10.1 Å². The third-order valence-corrected chi connectivity index (χ3v) is 2.46. The highest BCUT2D eigenvalue weighted by atomic mass is 16.6. The number of hydrogen-bond acceptors (Lipinski definition) is 4. The first-order valence-corrected chi connectivity index (χ1v) is 5.29. The molecule has 0 amide bonds. The van der Waals surface area contributed by atoms with E-state index in [0.29, 0.717) is 19.6 Å². The van der Waals surface area contributed by atoms with Crippen LogP contribution in [0.2, 0.25) is 0 Å². The van der Waals surface area contributed by atoms with Gasteiger partial charge in [0, 0.05) is 37.0 Å². The SMILES string of the molecule is CC(c1ccccc1CNCCN)[N+](=O)[O-]. The molecule has 0 spiro atoms. The minimum Gasteiger partial charge on any atom is -0.329 e. The normalized spacial score (nSPS) is 12.4. The van der Waals surface area contributed by atoms with Gasteiger partial charge >= 0.3 is 0 Å². The van der Waals surface area contributed by atoms with Crippen LogP contribution >= 0.6 is 0 Å². The summed E-state index contributed by atoms with van der Waals surface area (Å²) in [6.07, 6.45) is 0. The Labute approximate surface area is 94.8 Å². The summed E-state index contributed by atoms with van der Waals surface area (Å²) in [6, 6.07) is 6.74. The van der Waals surface area contributed by atoms with Crippen LogP contribution in [0.3, 0.4) is 0 Å². The Morgan fingerprint density at radius 3 is 2.81 bits per heavy atom. The quantitative estimate of drug-likeness (QED) is 0.429. The highest BCUT2D eigenvalue weighted by molar-refractivity contribution is 5.28. The Balaban J connectivity index is 2.79. The van der Waals surface area contributed by atoms with Crippen molar-refractivity contribution in [2.45, 2.75) is 19.5 Å². The van der Waals surface area contributed by atoms with Crippen LogP contribution in [0.4, 0.5) is 0 Å². The lowest BCUT2D eigenvalue weighted by Crippen LogP contribution is -2.23. The molecule has 0 fully saturated rings. The standard InChI is InChI=1S/C11H17N3O2/c1-9(14(15)16)11-5-3-2-4-10(11)8-13-7-6-12/h2-5,9,13H,6-8,12H2,1H3. The Morgan fingerprint density at radius 2 is 2.19 bits per heavy atom. The summed E-state index contributed by atoms with van der Waals surface area (Å²) >= 11 is 0. The second kappa shape index (κ2) is 6.19. The highest BCUT2D eigenvalue weighted by Gasteiger charge is 2.18. The van der Waals surface area contributed by atoms with Crippen LogP contribution in [-0.4, -0.2) is 18.0 Å². The van der Waals surface area contributed by atoms with E-state index >= 15 is 0 Å². The van der Waals surface area contributed by atoms with Crippen LogP contribution in [-0.2, 0) is 6.54 Å². The summed E-state index contributed by atoms with van der Waals surface area (Å²) < 4.78 is 0. The molecule has 1 rings (SSSR count). The van der Waals surface area contributed by atoms with Crippen LogP contribution in [0.25, 0.3) is 0 Å². The number of nitro groups is 1. The van der Waals surface area contributed by atoms with Gasteiger partial charge in [-0.1, -0.05) is 24.3 Å². The molecule has 0 aromatic heterocycles. The molecule has 1 aromatic rings. The summed E-state index contributed by atoms with van der Waals surface area (Å²) in [6.45, 7) is 3.49. The van der Waals surface area contributed by atoms with E-state index in [1.807, 2.05) is 18.2 Å². The number of nitrogens with two attached hydrogens (primary N) is 1. The largest absolute Gasteiger partial charge is 0.329 e. The highest BCUT2D eigenvalue weighted by Crippen LogP contribution is 2.19. The molecule has 0 aliphatic carbocycles. The van der Waals surface area contributed by atoms with Gasteiger partial charge in [0.15, 0.2) is 0 Å². The van der Waals surface area contributed by atoms with Crippen LogP contribution in [0.15, 0.2) is 24.3 Å².